The molecule has 0 radical (unpaired) electrons. The lowest BCUT2D eigenvalue weighted by Crippen LogP contribution is -2.49. The van der Waals surface area contributed by atoms with Crippen LogP contribution >= 0.6 is 0 Å². The van der Waals surface area contributed by atoms with Gasteiger partial charge < -0.3 is 30.3 Å². The van der Waals surface area contributed by atoms with Crippen LogP contribution in [0.2, 0.25) is 0 Å². The summed E-state index contributed by atoms with van der Waals surface area (Å²) in [7, 11) is 0. The van der Waals surface area contributed by atoms with Crippen LogP contribution in [0, 0.1) is 0 Å². The fraction of sp³-hybridized carbons (Fsp3) is 0.833. The molecule has 0 aliphatic rings. The van der Waals surface area contributed by atoms with Crippen molar-refractivity contribution in [2.24, 2.45) is 0 Å². The average molecular weight is 294 g/mol. The van der Waals surface area contributed by atoms with Crippen molar-refractivity contribution in [1.29, 1.82) is 0 Å². The molecule has 0 rings (SSSR count). The molecule has 5 N–H and O–H groups in total. The molecule has 8 heteroatoms. The van der Waals surface area contributed by atoms with Gasteiger partial charge in [-0.25, -0.2) is 4.79 Å². The quantitative estimate of drug-likeness (QED) is 0.188. The highest BCUT2D eigenvalue weighted by atomic mass is 16.6. The lowest BCUT2D eigenvalue weighted by atomic mass is 10.0. The number of carbonyl (C=O) groups is 2. The minimum absolute atomic E-state index is 0.00418. The number of aliphatic hydroxyl groups excluding tert-OH is 5. The lowest BCUT2D eigenvalue weighted by Gasteiger charge is -2.24. The van der Waals surface area contributed by atoms with Gasteiger partial charge in [-0.05, 0) is 6.42 Å². The first-order valence-electron chi connectivity index (χ1n) is 6.42. The molecule has 0 aliphatic heterocycles. The van der Waals surface area contributed by atoms with Crippen molar-refractivity contribution < 1.29 is 39.9 Å². The summed E-state index contributed by atoms with van der Waals surface area (Å²) in [5.41, 5.74) is 0. The Kier molecular flexibility index (Phi) is 9.26. The monoisotopic (exact) mass is 294 g/mol. The molecule has 0 amide bonds. The second-order valence-corrected chi connectivity index (χ2v) is 4.43. The van der Waals surface area contributed by atoms with E-state index in [1.807, 2.05) is 6.92 Å². The third-order valence-corrected chi connectivity index (χ3v) is 2.70. The van der Waals surface area contributed by atoms with E-state index in [9.17, 15) is 24.9 Å². The maximum absolute atomic E-state index is 11.3. The Morgan fingerprint density at radius 2 is 1.65 bits per heavy atom. The number of hydrogen-bond acceptors (Lipinski definition) is 8. The highest BCUT2D eigenvalue weighted by Gasteiger charge is 2.35. The van der Waals surface area contributed by atoms with Gasteiger partial charge in [0.15, 0.2) is 6.10 Å². The molecule has 0 heterocycles. The van der Waals surface area contributed by atoms with Crippen molar-refractivity contribution >= 4 is 11.9 Å². The van der Waals surface area contributed by atoms with Crippen LogP contribution < -0.4 is 0 Å². The summed E-state index contributed by atoms with van der Waals surface area (Å²) in [6, 6.07) is 0. The summed E-state index contributed by atoms with van der Waals surface area (Å²) in [4.78, 5) is 22.6. The van der Waals surface area contributed by atoms with Gasteiger partial charge in [-0.2, -0.15) is 0 Å². The first kappa shape index (κ1) is 18.9. The molecular weight excluding hydrogens is 272 g/mol. The molecule has 8 nitrogen and oxygen atoms in total. The second kappa shape index (κ2) is 9.78. The standard InChI is InChI=1S/C12H22O8/c1-2-3-4-5-8(15)20-12(19)11(18)10(17)9(16)7(14)6-13/h7,9-11,13-14,16-18H,2-6H2,1H3/t7-,9-,10+,11-/m1/s1. The highest BCUT2D eigenvalue weighted by Crippen LogP contribution is 2.08. The van der Waals surface area contributed by atoms with Gasteiger partial charge in [0.2, 0.25) is 0 Å². The van der Waals surface area contributed by atoms with Crippen molar-refractivity contribution in [1.82, 2.24) is 0 Å². The van der Waals surface area contributed by atoms with E-state index in [1.165, 1.54) is 0 Å². The number of hydrogen-bond donors (Lipinski definition) is 5. The molecule has 0 aliphatic carbocycles. The Labute approximate surface area is 116 Å². The van der Waals surface area contributed by atoms with E-state index >= 15 is 0 Å². The molecule has 0 spiro atoms. The molecule has 0 fully saturated rings. The summed E-state index contributed by atoms with van der Waals surface area (Å²) in [6.45, 7) is 1.07. The number of ether oxygens (including phenoxy) is 1. The van der Waals surface area contributed by atoms with E-state index in [0.717, 1.165) is 12.8 Å². The number of esters is 2. The number of unbranched alkanes of at least 4 members (excludes halogenated alkanes) is 2. The number of rotatable bonds is 9. The fourth-order valence-electron chi connectivity index (χ4n) is 1.40. The molecule has 0 aromatic heterocycles. The highest BCUT2D eigenvalue weighted by molar-refractivity contribution is 5.88. The van der Waals surface area contributed by atoms with Crippen molar-refractivity contribution in [3.63, 3.8) is 0 Å². The Morgan fingerprint density at radius 3 is 2.15 bits per heavy atom. The zero-order valence-electron chi connectivity index (χ0n) is 11.3. The topological polar surface area (TPSA) is 145 Å². The summed E-state index contributed by atoms with van der Waals surface area (Å²) in [6.07, 6.45) is -5.74. The van der Waals surface area contributed by atoms with Crippen molar-refractivity contribution in [2.75, 3.05) is 6.61 Å². The van der Waals surface area contributed by atoms with E-state index < -0.39 is 43.0 Å². The van der Waals surface area contributed by atoms with E-state index in [0.29, 0.717) is 6.42 Å². The van der Waals surface area contributed by atoms with Crippen molar-refractivity contribution in [3.8, 4) is 0 Å². The van der Waals surface area contributed by atoms with Gasteiger partial charge in [0.1, 0.15) is 18.3 Å². The largest absolute Gasteiger partial charge is 0.394 e. The molecule has 4 atom stereocenters. The smallest absolute Gasteiger partial charge is 0.345 e. The molecule has 0 bridgehead atoms. The summed E-state index contributed by atoms with van der Waals surface area (Å²) < 4.78 is 4.30. The van der Waals surface area contributed by atoms with Gasteiger partial charge in [-0.15, -0.1) is 0 Å². The summed E-state index contributed by atoms with van der Waals surface area (Å²) in [5, 5.41) is 45.7. The van der Waals surface area contributed by atoms with Gasteiger partial charge in [-0.3, -0.25) is 4.79 Å². The van der Waals surface area contributed by atoms with Gasteiger partial charge >= 0.3 is 11.9 Å². The molecule has 0 unspecified atom stereocenters. The zero-order valence-corrected chi connectivity index (χ0v) is 11.3. The van der Waals surface area contributed by atoms with Crippen LogP contribution in [0.4, 0.5) is 0 Å². The van der Waals surface area contributed by atoms with Gasteiger partial charge in [0.05, 0.1) is 6.61 Å². The van der Waals surface area contributed by atoms with E-state index in [-0.39, 0.29) is 6.42 Å². The second-order valence-electron chi connectivity index (χ2n) is 4.43. The Balaban J connectivity index is 4.29. The first-order chi connectivity index (χ1) is 9.34. The molecule has 0 saturated heterocycles. The Morgan fingerprint density at radius 1 is 1.05 bits per heavy atom. The third-order valence-electron chi connectivity index (χ3n) is 2.70. The number of carbonyl (C=O) groups excluding carboxylic acids is 2. The minimum Gasteiger partial charge on any atom is -0.394 e. The molecule has 0 saturated carbocycles. The average Bonchev–Trinajstić information content (AvgIpc) is 2.44. The van der Waals surface area contributed by atoms with Crippen LogP contribution in [0.1, 0.15) is 32.6 Å². The van der Waals surface area contributed by atoms with Crippen LogP contribution in [0.3, 0.4) is 0 Å². The summed E-state index contributed by atoms with van der Waals surface area (Å²) >= 11 is 0. The Hall–Kier alpha value is -1.06. The van der Waals surface area contributed by atoms with Gasteiger partial charge in [-0.1, -0.05) is 19.8 Å². The maximum Gasteiger partial charge on any atom is 0.345 e. The molecular formula is C12H22O8. The Bertz CT molecular complexity index is 306. The van der Waals surface area contributed by atoms with Crippen LogP contribution in [0.5, 0.6) is 0 Å². The zero-order chi connectivity index (χ0) is 15.7. The molecule has 118 valence electrons. The van der Waals surface area contributed by atoms with Crippen LogP contribution in [0.15, 0.2) is 0 Å². The number of aliphatic hydroxyl groups is 5. The molecule has 20 heavy (non-hydrogen) atoms. The summed E-state index contributed by atoms with van der Waals surface area (Å²) in [5.74, 6) is -2.25. The lowest BCUT2D eigenvalue weighted by molar-refractivity contribution is -0.176. The maximum atomic E-state index is 11.3. The molecule has 0 aromatic rings. The van der Waals surface area contributed by atoms with E-state index in [4.69, 9.17) is 10.2 Å². The predicted octanol–water partition coefficient (Wildman–Crippen LogP) is -1.93. The van der Waals surface area contributed by atoms with Gasteiger partial charge in [0, 0.05) is 6.42 Å². The van der Waals surface area contributed by atoms with E-state index in [1.54, 1.807) is 0 Å². The van der Waals surface area contributed by atoms with Crippen molar-refractivity contribution in [2.45, 2.75) is 57.0 Å². The van der Waals surface area contributed by atoms with Gasteiger partial charge in [0.25, 0.3) is 0 Å². The van der Waals surface area contributed by atoms with Crippen LogP contribution in [-0.2, 0) is 14.3 Å². The fourth-order valence-corrected chi connectivity index (χ4v) is 1.40. The normalized spacial score (nSPS) is 17.1. The minimum atomic E-state index is -2.19. The van der Waals surface area contributed by atoms with Crippen molar-refractivity contribution in [3.05, 3.63) is 0 Å². The SMILES string of the molecule is CCCCCC(=O)OC(=O)[C@H](O)[C@@H](O)[C@H](O)[C@H](O)CO. The van der Waals surface area contributed by atoms with Crippen LogP contribution in [-0.4, -0.2) is 68.5 Å². The van der Waals surface area contributed by atoms with Crippen LogP contribution in [0.25, 0.3) is 0 Å². The third kappa shape index (κ3) is 6.40. The predicted molar refractivity (Wildman–Crippen MR) is 66.4 cm³/mol. The molecule has 0 aromatic carbocycles. The van der Waals surface area contributed by atoms with E-state index in [2.05, 4.69) is 4.74 Å². The first-order valence-corrected chi connectivity index (χ1v) is 6.42.